The predicted molar refractivity (Wildman–Crippen MR) is 192 cm³/mol. The minimum absolute atomic E-state index is 0.116. The summed E-state index contributed by atoms with van der Waals surface area (Å²) < 4.78 is 24.0. The van der Waals surface area contributed by atoms with Gasteiger partial charge in [0.25, 0.3) is 0 Å². The fourth-order valence-electron chi connectivity index (χ4n) is 8.87. The van der Waals surface area contributed by atoms with Crippen LogP contribution in [0.4, 0.5) is 9.59 Å². The van der Waals surface area contributed by atoms with Gasteiger partial charge in [0, 0.05) is 44.7 Å². The first-order valence-corrected chi connectivity index (χ1v) is 18.5. The monoisotopic (exact) mass is 725 g/mol. The summed E-state index contributed by atoms with van der Waals surface area (Å²) in [5, 5.41) is 31.5. The van der Waals surface area contributed by atoms with E-state index in [4.69, 9.17) is 24.4 Å². The van der Waals surface area contributed by atoms with Crippen LogP contribution < -0.4 is 30.7 Å². The summed E-state index contributed by atoms with van der Waals surface area (Å²) in [6, 6.07) is 2.64. The lowest BCUT2D eigenvalue weighted by Gasteiger charge is -2.61. The van der Waals surface area contributed by atoms with E-state index in [0.717, 1.165) is 30.5 Å². The topological polar surface area (TPSA) is 187 Å². The molecule has 3 amide bonds. The molecule has 52 heavy (non-hydrogen) atoms. The highest BCUT2D eigenvalue weighted by atomic mass is 16.6. The van der Waals surface area contributed by atoms with Crippen LogP contribution in [0.2, 0.25) is 0 Å². The molecular weight excluding hydrogens is 670 g/mol. The molecule has 15 heteroatoms. The Morgan fingerprint density at radius 2 is 1.96 bits per heavy atom. The Labute approximate surface area is 305 Å². The number of carbonyl (C=O) groups is 3. The number of amides is 3. The van der Waals surface area contributed by atoms with Gasteiger partial charge in [-0.05, 0) is 97.0 Å². The second-order valence-corrected chi connectivity index (χ2v) is 15.6. The second-order valence-electron chi connectivity index (χ2n) is 15.6. The Hall–Kier alpha value is -4.24. The lowest BCUT2D eigenvalue weighted by Crippen LogP contribution is -2.74. The number of nitrogens with zero attached hydrogens (tertiary/aromatic N) is 2. The van der Waals surface area contributed by atoms with Crippen molar-refractivity contribution in [2.24, 2.45) is 0 Å². The number of carbonyl (C=O) groups excluding carboxylic acids is 3. The zero-order chi connectivity index (χ0) is 37.4. The van der Waals surface area contributed by atoms with Gasteiger partial charge < -0.3 is 55.1 Å². The van der Waals surface area contributed by atoms with Crippen LogP contribution in [0.1, 0.15) is 76.8 Å². The third kappa shape index (κ3) is 6.84. The molecule has 2 aliphatic carbocycles. The summed E-state index contributed by atoms with van der Waals surface area (Å²) in [5.41, 5.74) is -0.560. The highest BCUT2D eigenvalue weighted by Gasteiger charge is 2.72. The summed E-state index contributed by atoms with van der Waals surface area (Å²) in [7, 11) is 5.29. The first-order valence-electron chi connectivity index (χ1n) is 18.5. The Morgan fingerprint density at radius 3 is 2.69 bits per heavy atom. The standard InChI is InChI=1S/C37H55N7O8/c1-35(2,3)52-33(46)42-24(11-9-17-40-32(38)39-4)31(45)41-21-23-10-7-8-18-44(23)34(47)50-26-14-15-37(48)27-20-22-12-13-25(49-6)29-28(22)36(37,30(26)51-29)16-19-43(27)5/h12-14,23-24,27,30,48H,7-11,15-21H2,1-6H3,(H,41,45)(H,42,46)(H3,38,39,40)/t23?,24-,27+,30-,36-,37+/m0/s1. The maximum atomic E-state index is 14.0. The van der Waals surface area contributed by atoms with Gasteiger partial charge in [-0.1, -0.05) is 6.07 Å². The first-order chi connectivity index (χ1) is 24.7. The highest BCUT2D eigenvalue weighted by Crippen LogP contribution is 2.65. The molecule has 1 unspecified atom stereocenters. The Bertz CT molecular complexity index is 1600. The van der Waals surface area contributed by atoms with E-state index in [0.29, 0.717) is 68.9 Å². The number of methoxy groups -OCH3 is 1. The summed E-state index contributed by atoms with van der Waals surface area (Å²) in [4.78, 5) is 44.1. The summed E-state index contributed by atoms with van der Waals surface area (Å²) >= 11 is 0. The number of hydrogen-bond donors (Lipinski definition) is 6. The number of rotatable bonds is 10. The van der Waals surface area contributed by atoms with Crippen LogP contribution >= 0.6 is 0 Å². The highest BCUT2D eigenvalue weighted by molar-refractivity contribution is 5.85. The Kier molecular flexibility index (Phi) is 10.6. The third-order valence-corrected chi connectivity index (χ3v) is 11.4. The minimum atomic E-state index is -1.11. The molecule has 5 aliphatic rings. The van der Waals surface area contributed by atoms with E-state index in [2.05, 4.69) is 39.3 Å². The molecule has 3 heterocycles. The van der Waals surface area contributed by atoms with Gasteiger partial charge in [-0.25, -0.2) is 9.59 Å². The van der Waals surface area contributed by atoms with Crippen LogP contribution in [0.5, 0.6) is 11.5 Å². The van der Waals surface area contributed by atoms with Crippen molar-refractivity contribution in [2.45, 2.75) is 113 Å². The van der Waals surface area contributed by atoms with Crippen molar-refractivity contribution in [1.82, 2.24) is 31.1 Å². The summed E-state index contributed by atoms with van der Waals surface area (Å²) in [5.74, 6) is 1.36. The largest absolute Gasteiger partial charge is 0.493 e. The maximum Gasteiger partial charge on any atom is 0.415 e. The summed E-state index contributed by atoms with van der Waals surface area (Å²) in [6.07, 6.45) is 4.67. The molecule has 2 fully saturated rings. The smallest absolute Gasteiger partial charge is 0.415 e. The van der Waals surface area contributed by atoms with Gasteiger partial charge >= 0.3 is 12.2 Å². The normalized spacial score (nSPS) is 27.9. The van der Waals surface area contributed by atoms with Crippen molar-refractivity contribution >= 4 is 24.1 Å². The molecule has 0 radical (unpaired) electrons. The van der Waals surface area contributed by atoms with Gasteiger partial charge in [0.05, 0.1) is 24.2 Å². The quantitative estimate of drug-likeness (QED) is 0.118. The van der Waals surface area contributed by atoms with E-state index < -0.39 is 46.9 Å². The Balaban J connectivity index is 1.15. The van der Waals surface area contributed by atoms with Crippen LogP contribution in [-0.2, 0) is 26.1 Å². The summed E-state index contributed by atoms with van der Waals surface area (Å²) in [6.45, 7) is 7.07. The number of alkyl carbamates (subject to hydrolysis) is 1. The number of piperidine rings is 2. The fourth-order valence-corrected chi connectivity index (χ4v) is 8.87. The van der Waals surface area contributed by atoms with Crippen LogP contribution in [0.25, 0.3) is 0 Å². The van der Waals surface area contributed by atoms with Gasteiger partial charge in [0.2, 0.25) is 5.91 Å². The second kappa shape index (κ2) is 14.6. The minimum Gasteiger partial charge on any atom is -0.493 e. The van der Waals surface area contributed by atoms with Crippen molar-refractivity contribution < 1.29 is 38.4 Å². The molecule has 2 bridgehead atoms. The SMILES string of the molecule is CNC(=N)NCCC[C@H](NC(=O)OC(C)(C)C)C(=O)NCC1CCCCN1C(=O)OC1=CC[C@@]2(O)[C@H]3Cc4ccc(OC)c5c4[C@@]2(CCN3C)[C@H]1O5. The van der Waals surface area contributed by atoms with Crippen molar-refractivity contribution in [3.63, 3.8) is 0 Å². The van der Waals surface area contributed by atoms with Gasteiger partial charge in [-0.15, -0.1) is 0 Å². The van der Waals surface area contributed by atoms with E-state index in [1.807, 2.05) is 12.1 Å². The molecule has 2 saturated heterocycles. The molecular formula is C37H55N7O8. The Morgan fingerprint density at radius 1 is 1.17 bits per heavy atom. The number of hydrogen-bond acceptors (Lipinski definition) is 10. The van der Waals surface area contributed by atoms with Crippen molar-refractivity contribution in [2.75, 3.05) is 47.4 Å². The van der Waals surface area contributed by atoms with Crippen LogP contribution in [0.3, 0.4) is 0 Å². The predicted octanol–water partition coefficient (Wildman–Crippen LogP) is 2.50. The fraction of sp³-hybridized carbons (Fsp3) is 0.676. The molecule has 1 aromatic carbocycles. The lowest BCUT2D eigenvalue weighted by molar-refractivity contribution is -0.163. The molecule has 3 aliphatic heterocycles. The molecule has 286 valence electrons. The van der Waals surface area contributed by atoms with Crippen LogP contribution in [0, 0.1) is 5.41 Å². The third-order valence-electron chi connectivity index (χ3n) is 11.4. The molecule has 6 N–H and O–H groups in total. The van der Waals surface area contributed by atoms with Gasteiger partial charge in [0.15, 0.2) is 23.6 Å². The zero-order valence-electron chi connectivity index (χ0n) is 31.2. The number of ether oxygens (including phenoxy) is 4. The van der Waals surface area contributed by atoms with Crippen LogP contribution in [0.15, 0.2) is 24.0 Å². The molecule has 1 spiro atoms. The van der Waals surface area contributed by atoms with Crippen molar-refractivity contribution in [1.29, 1.82) is 5.41 Å². The van der Waals surface area contributed by atoms with Crippen molar-refractivity contribution in [3.05, 3.63) is 35.1 Å². The molecule has 0 aromatic heterocycles. The number of aliphatic hydroxyl groups is 1. The van der Waals surface area contributed by atoms with Gasteiger partial charge in [0.1, 0.15) is 17.4 Å². The van der Waals surface area contributed by atoms with Crippen molar-refractivity contribution in [3.8, 4) is 11.5 Å². The lowest BCUT2D eigenvalue weighted by atomic mass is 9.50. The van der Waals surface area contributed by atoms with E-state index in [1.165, 1.54) is 0 Å². The van der Waals surface area contributed by atoms with Gasteiger partial charge in [-0.3, -0.25) is 10.2 Å². The number of likely N-dealkylation sites (tertiary alicyclic amines) is 2. The van der Waals surface area contributed by atoms with E-state index in [-0.39, 0.29) is 24.6 Å². The van der Waals surface area contributed by atoms with Gasteiger partial charge in [-0.2, -0.15) is 0 Å². The first kappa shape index (κ1) is 37.5. The van der Waals surface area contributed by atoms with E-state index in [1.54, 1.807) is 39.8 Å². The molecule has 6 atom stereocenters. The molecule has 0 saturated carbocycles. The van der Waals surface area contributed by atoms with E-state index >= 15 is 0 Å². The number of likely N-dealkylation sites (N-methyl/N-ethyl adjacent to an activating group) is 1. The zero-order valence-corrected chi connectivity index (χ0v) is 31.2. The molecule has 6 rings (SSSR count). The number of nitrogens with one attached hydrogen (secondary N) is 5. The molecule has 1 aromatic rings. The number of guanidine groups is 1. The number of benzene rings is 1. The average molecular weight is 726 g/mol. The average Bonchev–Trinajstić information content (AvgIpc) is 3.46. The maximum absolute atomic E-state index is 14.0. The van der Waals surface area contributed by atoms with E-state index in [9.17, 15) is 19.5 Å². The molecule has 15 nitrogen and oxygen atoms in total. The van der Waals surface area contributed by atoms with Crippen LogP contribution in [-0.4, -0.2) is 122 Å².